The summed E-state index contributed by atoms with van der Waals surface area (Å²) in [7, 11) is -1.10. The average Bonchev–Trinajstić information content (AvgIpc) is 2.42. The van der Waals surface area contributed by atoms with Crippen LogP contribution in [0.25, 0.3) is 10.9 Å². The Morgan fingerprint density at radius 1 is 1.30 bits per heavy atom. The Morgan fingerprint density at radius 2 is 2.00 bits per heavy atom. The van der Waals surface area contributed by atoms with Gasteiger partial charge in [-0.05, 0) is 12.1 Å². The molecule has 1 aromatic carbocycles. The zero-order valence-electron chi connectivity index (χ0n) is 11.5. The molecule has 0 aliphatic heterocycles. The van der Waals surface area contributed by atoms with Crippen molar-refractivity contribution in [2.24, 2.45) is 0 Å². The van der Waals surface area contributed by atoms with E-state index in [9.17, 15) is 8.42 Å². The van der Waals surface area contributed by atoms with Crippen molar-refractivity contribution in [1.29, 1.82) is 0 Å². The van der Waals surface area contributed by atoms with Crippen molar-refractivity contribution >= 4 is 42.5 Å². The SMILES string of the molecule is CN(CCS(C)(=O)=O)c1nc2ccccc2cc1CBr. The molecule has 0 N–H and O–H groups in total. The summed E-state index contributed by atoms with van der Waals surface area (Å²) in [5.74, 6) is 0.948. The molecular weight excluding hydrogens is 340 g/mol. The fourth-order valence-corrected chi connectivity index (χ4v) is 3.01. The van der Waals surface area contributed by atoms with Crippen LogP contribution in [-0.2, 0) is 15.2 Å². The Hall–Kier alpha value is -1.14. The van der Waals surface area contributed by atoms with E-state index < -0.39 is 9.84 Å². The molecule has 2 rings (SSSR count). The Kier molecular flexibility index (Phi) is 4.65. The highest BCUT2D eigenvalue weighted by atomic mass is 79.9. The van der Waals surface area contributed by atoms with Crippen LogP contribution in [0, 0.1) is 0 Å². The number of fused-ring (bicyclic) bond motifs is 1. The van der Waals surface area contributed by atoms with Crippen molar-refractivity contribution in [1.82, 2.24) is 4.98 Å². The van der Waals surface area contributed by atoms with Crippen molar-refractivity contribution < 1.29 is 8.42 Å². The van der Waals surface area contributed by atoms with Crippen molar-refractivity contribution in [2.45, 2.75) is 5.33 Å². The van der Waals surface area contributed by atoms with Crippen LogP contribution in [-0.4, -0.2) is 39.0 Å². The molecule has 0 saturated heterocycles. The summed E-state index contributed by atoms with van der Waals surface area (Å²) in [6.07, 6.45) is 1.25. The molecule has 2 aromatic rings. The Bertz CT molecular complexity index is 716. The number of pyridine rings is 1. The van der Waals surface area contributed by atoms with Crippen LogP contribution in [0.4, 0.5) is 5.82 Å². The Balaban J connectivity index is 2.36. The summed E-state index contributed by atoms with van der Waals surface area (Å²) in [4.78, 5) is 6.54. The Morgan fingerprint density at radius 3 is 2.65 bits per heavy atom. The smallest absolute Gasteiger partial charge is 0.149 e. The maximum Gasteiger partial charge on any atom is 0.149 e. The summed E-state index contributed by atoms with van der Waals surface area (Å²) in [5, 5.41) is 1.77. The molecule has 4 nitrogen and oxygen atoms in total. The molecule has 20 heavy (non-hydrogen) atoms. The quantitative estimate of drug-likeness (QED) is 0.772. The van der Waals surface area contributed by atoms with Gasteiger partial charge in [-0.3, -0.25) is 0 Å². The minimum Gasteiger partial charge on any atom is -0.358 e. The van der Waals surface area contributed by atoms with Gasteiger partial charge in [0.05, 0.1) is 11.3 Å². The van der Waals surface area contributed by atoms with E-state index in [4.69, 9.17) is 0 Å². The van der Waals surface area contributed by atoms with Gasteiger partial charge in [-0.25, -0.2) is 13.4 Å². The van der Waals surface area contributed by atoms with Crippen molar-refractivity contribution in [3.05, 3.63) is 35.9 Å². The molecule has 0 unspecified atom stereocenters. The number of halogens is 1. The number of alkyl halides is 1. The minimum atomic E-state index is -2.97. The molecular formula is C14H17BrN2O2S. The van der Waals surface area contributed by atoms with Gasteiger partial charge in [0.25, 0.3) is 0 Å². The summed E-state index contributed by atoms with van der Waals surface area (Å²) in [6.45, 7) is 0.435. The first-order valence-electron chi connectivity index (χ1n) is 6.24. The highest BCUT2D eigenvalue weighted by molar-refractivity contribution is 9.08. The van der Waals surface area contributed by atoms with Gasteiger partial charge in [0, 0.05) is 36.1 Å². The molecule has 0 atom stereocenters. The third-order valence-electron chi connectivity index (χ3n) is 3.08. The zero-order valence-corrected chi connectivity index (χ0v) is 13.9. The first-order chi connectivity index (χ1) is 9.40. The van der Waals surface area contributed by atoms with Crippen LogP contribution in [0.3, 0.4) is 0 Å². The second kappa shape index (κ2) is 6.10. The number of para-hydroxylation sites is 1. The fraction of sp³-hybridized carbons (Fsp3) is 0.357. The van der Waals surface area contributed by atoms with E-state index in [1.807, 2.05) is 36.2 Å². The highest BCUT2D eigenvalue weighted by Gasteiger charge is 2.12. The van der Waals surface area contributed by atoms with E-state index in [0.717, 1.165) is 22.3 Å². The molecule has 1 aromatic heterocycles. The van der Waals surface area contributed by atoms with Crippen LogP contribution in [0.15, 0.2) is 30.3 Å². The van der Waals surface area contributed by atoms with Crippen molar-refractivity contribution in [2.75, 3.05) is 30.5 Å². The van der Waals surface area contributed by atoms with Crippen LogP contribution < -0.4 is 4.90 Å². The number of anilines is 1. The lowest BCUT2D eigenvalue weighted by atomic mass is 10.1. The molecule has 0 aliphatic rings. The van der Waals surface area contributed by atoms with Gasteiger partial charge in [-0.15, -0.1) is 0 Å². The van der Waals surface area contributed by atoms with Crippen LogP contribution in [0.2, 0.25) is 0 Å². The third-order valence-corrected chi connectivity index (χ3v) is 4.61. The normalized spacial score (nSPS) is 11.8. The van der Waals surface area contributed by atoms with Crippen molar-refractivity contribution in [3.8, 4) is 0 Å². The standard InChI is InChI=1S/C14H17BrN2O2S/c1-17(7-8-20(2,18)19)14-12(10-15)9-11-5-3-4-6-13(11)16-14/h3-6,9H,7-8,10H2,1-2H3. The van der Waals surface area contributed by atoms with E-state index >= 15 is 0 Å². The average molecular weight is 357 g/mol. The van der Waals surface area contributed by atoms with Gasteiger partial charge in [-0.2, -0.15) is 0 Å². The first kappa shape index (κ1) is 15.3. The second-order valence-corrected chi connectivity index (χ2v) is 7.67. The van der Waals surface area contributed by atoms with E-state index in [2.05, 4.69) is 27.0 Å². The van der Waals surface area contributed by atoms with E-state index in [0.29, 0.717) is 11.9 Å². The highest BCUT2D eigenvalue weighted by Crippen LogP contribution is 2.24. The number of aromatic nitrogens is 1. The van der Waals surface area contributed by atoms with E-state index in [-0.39, 0.29) is 5.75 Å². The lowest BCUT2D eigenvalue weighted by Crippen LogP contribution is -2.26. The molecule has 6 heteroatoms. The van der Waals surface area contributed by atoms with Gasteiger partial charge in [0.2, 0.25) is 0 Å². The molecule has 0 bridgehead atoms. The molecule has 1 heterocycles. The number of benzene rings is 1. The maximum absolute atomic E-state index is 11.3. The summed E-state index contributed by atoms with van der Waals surface area (Å²) < 4.78 is 22.6. The largest absolute Gasteiger partial charge is 0.358 e. The molecule has 0 amide bonds. The van der Waals surface area contributed by atoms with Gasteiger partial charge in [0.15, 0.2) is 0 Å². The Labute approximate surface area is 127 Å². The topological polar surface area (TPSA) is 50.3 Å². The van der Waals surface area contributed by atoms with Crippen LogP contribution in [0.1, 0.15) is 5.56 Å². The van der Waals surface area contributed by atoms with E-state index in [1.165, 1.54) is 6.26 Å². The third kappa shape index (κ3) is 3.70. The number of hydrogen-bond acceptors (Lipinski definition) is 4. The zero-order chi connectivity index (χ0) is 14.8. The van der Waals surface area contributed by atoms with Crippen LogP contribution >= 0.6 is 15.9 Å². The number of sulfone groups is 1. The van der Waals surface area contributed by atoms with Gasteiger partial charge < -0.3 is 4.90 Å². The van der Waals surface area contributed by atoms with Gasteiger partial charge >= 0.3 is 0 Å². The fourth-order valence-electron chi connectivity index (χ4n) is 1.99. The molecule has 0 radical (unpaired) electrons. The summed E-state index contributed by atoms with van der Waals surface area (Å²) >= 11 is 3.47. The molecule has 0 spiro atoms. The second-order valence-electron chi connectivity index (χ2n) is 4.85. The van der Waals surface area contributed by atoms with Crippen molar-refractivity contribution in [3.63, 3.8) is 0 Å². The summed E-state index contributed by atoms with van der Waals surface area (Å²) in [6, 6.07) is 10.00. The molecule has 0 fully saturated rings. The number of rotatable bonds is 5. The lowest BCUT2D eigenvalue weighted by molar-refractivity contribution is 0.601. The monoisotopic (exact) mass is 356 g/mol. The number of nitrogens with zero attached hydrogens (tertiary/aromatic N) is 2. The van der Waals surface area contributed by atoms with E-state index in [1.54, 1.807) is 0 Å². The van der Waals surface area contributed by atoms with Crippen LogP contribution in [0.5, 0.6) is 0 Å². The first-order valence-corrected chi connectivity index (χ1v) is 9.42. The predicted octanol–water partition coefficient (Wildman–Crippen LogP) is 2.61. The number of hydrogen-bond donors (Lipinski definition) is 0. The predicted molar refractivity (Wildman–Crippen MR) is 87.4 cm³/mol. The van der Waals surface area contributed by atoms with Gasteiger partial charge in [0.1, 0.15) is 15.7 Å². The van der Waals surface area contributed by atoms with Gasteiger partial charge in [-0.1, -0.05) is 34.1 Å². The molecule has 0 saturated carbocycles. The minimum absolute atomic E-state index is 0.125. The lowest BCUT2D eigenvalue weighted by Gasteiger charge is -2.21. The molecule has 0 aliphatic carbocycles. The maximum atomic E-state index is 11.3. The summed E-state index contributed by atoms with van der Waals surface area (Å²) in [5.41, 5.74) is 1.97. The molecule has 108 valence electrons.